The Hall–Kier alpha value is -3.08. The Labute approximate surface area is 139 Å². The summed E-state index contributed by atoms with van der Waals surface area (Å²) in [4.78, 5) is 12.2. The van der Waals surface area contributed by atoms with Crippen LogP contribution in [0.5, 0.6) is 5.75 Å². The van der Waals surface area contributed by atoms with E-state index in [4.69, 9.17) is 0 Å². The monoisotopic (exact) mass is 319 g/mol. The molecule has 2 aromatic carbocycles. The molecule has 5 heteroatoms. The average Bonchev–Trinajstić information content (AvgIpc) is 2.99. The van der Waals surface area contributed by atoms with Crippen LogP contribution in [0.4, 0.5) is 5.82 Å². The molecule has 3 aromatic rings. The lowest BCUT2D eigenvalue weighted by atomic mass is 9.87. The molecule has 0 bridgehead atoms. The van der Waals surface area contributed by atoms with Gasteiger partial charge in [-0.15, -0.1) is 0 Å². The largest absolute Gasteiger partial charge is 0.508 e. The fourth-order valence-corrected chi connectivity index (χ4v) is 3.15. The van der Waals surface area contributed by atoms with Gasteiger partial charge in [0.15, 0.2) is 0 Å². The zero-order valence-corrected chi connectivity index (χ0v) is 13.0. The van der Waals surface area contributed by atoms with Crippen molar-refractivity contribution in [1.82, 2.24) is 9.78 Å². The molecule has 1 aromatic heterocycles. The molecule has 0 fully saturated rings. The Bertz CT molecular complexity index is 869. The number of phenolic OH excluding ortho intramolecular Hbond substituents is 1. The number of carbonyl (C=O) groups excluding carboxylic acids is 1. The molecule has 0 radical (unpaired) electrons. The lowest BCUT2D eigenvalue weighted by Gasteiger charge is -2.23. The maximum Gasteiger partial charge on any atom is 0.226 e. The van der Waals surface area contributed by atoms with Crippen LogP contribution in [0.2, 0.25) is 0 Å². The number of hydrogen-bond donors (Lipinski definition) is 2. The van der Waals surface area contributed by atoms with E-state index in [0.717, 1.165) is 22.5 Å². The molecule has 1 atom stereocenters. The van der Waals surface area contributed by atoms with Gasteiger partial charge in [0.25, 0.3) is 0 Å². The second kappa shape index (κ2) is 5.85. The Morgan fingerprint density at radius 3 is 2.62 bits per heavy atom. The van der Waals surface area contributed by atoms with Gasteiger partial charge in [0.1, 0.15) is 11.6 Å². The number of amides is 1. The molecule has 1 unspecified atom stereocenters. The van der Waals surface area contributed by atoms with Gasteiger partial charge in [0.2, 0.25) is 5.91 Å². The maximum absolute atomic E-state index is 12.2. The zero-order valence-electron chi connectivity index (χ0n) is 13.0. The Kier molecular flexibility index (Phi) is 3.54. The van der Waals surface area contributed by atoms with E-state index < -0.39 is 0 Å². The van der Waals surface area contributed by atoms with Crippen molar-refractivity contribution in [3.63, 3.8) is 0 Å². The number of rotatable bonds is 3. The first kappa shape index (κ1) is 14.5. The number of hydrogen-bond acceptors (Lipinski definition) is 3. The number of nitrogens with zero attached hydrogens (tertiary/aromatic N) is 2. The minimum Gasteiger partial charge on any atom is -0.508 e. The third-order valence-electron chi connectivity index (χ3n) is 4.36. The number of aromatic hydroxyl groups is 1. The summed E-state index contributed by atoms with van der Waals surface area (Å²) in [5, 5.41) is 16.9. The number of nitrogens with one attached hydrogen (secondary N) is 1. The highest BCUT2D eigenvalue weighted by atomic mass is 16.3. The third kappa shape index (κ3) is 2.65. The average molecular weight is 319 g/mol. The van der Waals surface area contributed by atoms with E-state index >= 15 is 0 Å². The van der Waals surface area contributed by atoms with Crippen LogP contribution in [-0.2, 0) is 11.3 Å². The lowest BCUT2D eigenvalue weighted by Crippen LogP contribution is -2.25. The summed E-state index contributed by atoms with van der Waals surface area (Å²) < 4.78 is 1.83. The number of benzene rings is 2. The molecule has 0 saturated heterocycles. The summed E-state index contributed by atoms with van der Waals surface area (Å²) in [6.07, 6.45) is 2.21. The number of anilines is 1. The fraction of sp³-hybridized carbons (Fsp3) is 0.158. The molecule has 1 aliphatic heterocycles. The number of aromatic nitrogens is 2. The van der Waals surface area contributed by atoms with Crippen LogP contribution < -0.4 is 5.32 Å². The molecular formula is C19H17N3O2. The smallest absolute Gasteiger partial charge is 0.226 e. The van der Waals surface area contributed by atoms with Crippen molar-refractivity contribution >= 4 is 11.7 Å². The Morgan fingerprint density at radius 1 is 1.12 bits per heavy atom. The van der Waals surface area contributed by atoms with E-state index in [-0.39, 0.29) is 17.6 Å². The Morgan fingerprint density at radius 2 is 1.88 bits per heavy atom. The van der Waals surface area contributed by atoms with Crippen LogP contribution >= 0.6 is 0 Å². The second-order valence-corrected chi connectivity index (χ2v) is 5.99. The predicted molar refractivity (Wildman–Crippen MR) is 91.0 cm³/mol. The fourth-order valence-electron chi connectivity index (χ4n) is 3.15. The van der Waals surface area contributed by atoms with Crippen LogP contribution in [0.3, 0.4) is 0 Å². The number of fused-ring (bicyclic) bond motifs is 1. The van der Waals surface area contributed by atoms with Gasteiger partial charge < -0.3 is 10.4 Å². The van der Waals surface area contributed by atoms with Crippen molar-refractivity contribution < 1.29 is 9.90 Å². The molecule has 2 heterocycles. The highest BCUT2D eigenvalue weighted by molar-refractivity contribution is 5.94. The van der Waals surface area contributed by atoms with E-state index in [1.165, 1.54) is 0 Å². The molecule has 1 aliphatic rings. The van der Waals surface area contributed by atoms with Crippen LogP contribution in [-0.4, -0.2) is 20.8 Å². The van der Waals surface area contributed by atoms with Crippen molar-refractivity contribution in [2.45, 2.75) is 18.9 Å². The molecule has 4 rings (SSSR count). The van der Waals surface area contributed by atoms with Gasteiger partial charge in [-0.25, -0.2) is 4.68 Å². The summed E-state index contributed by atoms with van der Waals surface area (Å²) in [5.41, 5.74) is 3.14. The molecule has 0 spiro atoms. The molecular weight excluding hydrogens is 302 g/mol. The molecule has 0 aliphatic carbocycles. The van der Waals surface area contributed by atoms with E-state index in [0.29, 0.717) is 13.0 Å². The first-order valence-electron chi connectivity index (χ1n) is 7.89. The lowest BCUT2D eigenvalue weighted by molar-refractivity contribution is -0.116. The minimum absolute atomic E-state index is 0.0182. The van der Waals surface area contributed by atoms with E-state index in [2.05, 4.69) is 10.4 Å². The molecule has 24 heavy (non-hydrogen) atoms. The van der Waals surface area contributed by atoms with Gasteiger partial charge in [0.05, 0.1) is 12.7 Å². The van der Waals surface area contributed by atoms with Gasteiger partial charge in [-0.2, -0.15) is 5.10 Å². The Balaban J connectivity index is 1.70. The normalized spacial score (nSPS) is 16.5. The first-order chi connectivity index (χ1) is 11.7. The van der Waals surface area contributed by atoms with Crippen LogP contribution in [0.1, 0.15) is 29.0 Å². The van der Waals surface area contributed by atoms with Crippen molar-refractivity contribution in [1.29, 1.82) is 0 Å². The van der Waals surface area contributed by atoms with E-state index in [1.807, 2.05) is 53.3 Å². The van der Waals surface area contributed by atoms with E-state index in [9.17, 15) is 9.90 Å². The zero-order chi connectivity index (χ0) is 16.5. The van der Waals surface area contributed by atoms with Crippen LogP contribution in [0.15, 0.2) is 60.8 Å². The highest BCUT2D eigenvalue weighted by Gasteiger charge is 2.29. The van der Waals surface area contributed by atoms with Crippen molar-refractivity contribution in [3.05, 3.63) is 77.5 Å². The molecule has 120 valence electrons. The highest BCUT2D eigenvalue weighted by Crippen LogP contribution is 2.37. The molecule has 2 N–H and O–H groups in total. The molecule has 5 nitrogen and oxygen atoms in total. The summed E-state index contributed by atoms with van der Waals surface area (Å²) in [6.45, 7) is 0.610. The summed E-state index contributed by atoms with van der Waals surface area (Å²) in [6, 6.07) is 17.0. The summed E-state index contributed by atoms with van der Waals surface area (Å²) in [7, 11) is 0. The number of phenols is 1. The van der Waals surface area contributed by atoms with Gasteiger partial charge >= 0.3 is 0 Å². The van der Waals surface area contributed by atoms with Gasteiger partial charge in [-0.05, 0) is 23.3 Å². The SMILES string of the molecule is O=C1CC(c2ccc(O)cc2)c2cnn(Cc3ccccc3)c2N1. The maximum atomic E-state index is 12.2. The summed E-state index contributed by atoms with van der Waals surface area (Å²) in [5.74, 6) is 0.918. The summed E-state index contributed by atoms with van der Waals surface area (Å²) >= 11 is 0. The second-order valence-electron chi connectivity index (χ2n) is 5.99. The van der Waals surface area contributed by atoms with Crippen molar-refractivity contribution in [2.24, 2.45) is 0 Å². The quantitative estimate of drug-likeness (QED) is 0.779. The molecule has 1 amide bonds. The number of carbonyl (C=O) groups is 1. The van der Waals surface area contributed by atoms with Gasteiger partial charge in [-0.3, -0.25) is 4.79 Å². The third-order valence-corrected chi connectivity index (χ3v) is 4.36. The predicted octanol–water partition coefficient (Wildman–Crippen LogP) is 3.11. The minimum atomic E-state index is -0.0427. The van der Waals surface area contributed by atoms with Gasteiger partial charge in [0, 0.05) is 17.9 Å². The van der Waals surface area contributed by atoms with E-state index in [1.54, 1.807) is 12.1 Å². The van der Waals surface area contributed by atoms with Crippen LogP contribution in [0.25, 0.3) is 0 Å². The van der Waals surface area contributed by atoms with Crippen LogP contribution in [0, 0.1) is 0 Å². The standard InChI is InChI=1S/C19H17N3O2/c23-15-8-6-14(7-9-15)16-10-18(24)21-19-17(16)11-20-22(19)12-13-4-2-1-3-5-13/h1-9,11,16,23H,10,12H2,(H,21,24). The van der Waals surface area contributed by atoms with Gasteiger partial charge in [-0.1, -0.05) is 42.5 Å². The topological polar surface area (TPSA) is 67.1 Å². The first-order valence-corrected chi connectivity index (χ1v) is 7.89. The van der Waals surface area contributed by atoms with Crippen molar-refractivity contribution in [2.75, 3.05) is 5.32 Å². The van der Waals surface area contributed by atoms with Crippen molar-refractivity contribution in [3.8, 4) is 5.75 Å². The molecule has 0 saturated carbocycles.